The van der Waals surface area contributed by atoms with Crippen LogP contribution < -0.4 is 0 Å². The number of carboxylic acids is 1. The van der Waals surface area contributed by atoms with Crippen LogP contribution in [-0.4, -0.2) is 35.1 Å². The molecular formula is C11H21NO2. The molecule has 0 aliphatic carbocycles. The molecule has 1 saturated heterocycles. The Labute approximate surface area is 86.1 Å². The summed E-state index contributed by atoms with van der Waals surface area (Å²) in [6.07, 6.45) is 2.70. The van der Waals surface area contributed by atoms with E-state index in [1.54, 1.807) is 0 Å². The molecule has 0 saturated carbocycles. The summed E-state index contributed by atoms with van der Waals surface area (Å²) in [6.45, 7) is 8.50. The van der Waals surface area contributed by atoms with Crippen LogP contribution in [0.2, 0.25) is 0 Å². The third kappa shape index (κ3) is 2.98. The molecule has 1 unspecified atom stereocenters. The Morgan fingerprint density at radius 3 is 2.21 bits per heavy atom. The summed E-state index contributed by atoms with van der Waals surface area (Å²) in [5, 5.41) is 8.88. The first-order chi connectivity index (χ1) is 6.41. The van der Waals surface area contributed by atoms with Crippen molar-refractivity contribution in [2.24, 2.45) is 5.41 Å². The molecule has 1 rings (SSSR count). The smallest absolute Gasteiger partial charge is 0.304 e. The molecule has 0 amide bonds. The fourth-order valence-corrected chi connectivity index (χ4v) is 2.20. The van der Waals surface area contributed by atoms with Gasteiger partial charge in [-0.2, -0.15) is 0 Å². The van der Waals surface area contributed by atoms with Crippen LogP contribution in [0.15, 0.2) is 0 Å². The first-order valence-corrected chi connectivity index (χ1v) is 5.37. The van der Waals surface area contributed by atoms with Gasteiger partial charge in [-0.3, -0.25) is 9.69 Å². The van der Waals surface area contributed by atoms with E-state index in [2.05, 4.69) is 25.7 Å². The third-order valence-electron chi connectivity index (χ3n) is 2.95. The minimum atomic E-state index is -0.683. The number of hydrogen-bond donors (Lipinski definition) is 1. The van der Waals surface area contributed by atoms with E-state index in [4.69, 9.17) is 5.11 Å². The van der Waals surface area contributed by atoms with Crippen molar-refractivity contribution in [1.82, 2.24) is 4.90 Å². The second-order valence-electron chi connectivity index (χ2n) is 5.22. The molecule has 0 aromatic heterocycles. The first-order valence-electron chi connectivity index (χ1n) is 5.37. The molecular weight excluding hydrogens is 178 g/mol. The van der Waals surface area contributed by atoms with Crippen LogP contribution >= 0.6 is 0 Å². The number of hydrogen-bond acceptors (Lipinski definition) is 2. The molecule has 1 atom stereocenters. The maximum absolute atomic E-state index is 10.8. The predicted molar refractivity (Wildman–Crippen MR) is 56.3 cm³/mol. The van der Waals surface area contributed by atoms with E-state index < -0.39 is 5.97 Å². The summed E-state index contributed by atoms with van der Waals surface area (Å²) >= 11 is 0. The summed E-state index contributed by atoms with van der Waals surface area (Å²) < 4.78 is 0. The molecule has 0 spiro atoms. The largest absolute Gasteiger partial charge is 0.481 e. The lowest BCUT2D eigenvalue weighted by atomic mass is 9.84. The molecule has 0 bridgehead atoms. The minimum Gasteiger partial charge on any atom is -0.481 e. The Balaban J connectivity index is 2.65. The monoisotopic (exact) mass is 199 g/mol. The van der Waals surface area contributed by atoms with Gasteiger partial charge in [-0.1, -0.05) is 20.8 Å². The van der Waals surface area contributed by atoms with Crippen LogP contribution in [0.3, 0.4) is 0 Å². The fourth-order valence-electron chi connectivity index (χ4n) is 2.20. The lowest BCUT2D eigenvalue weighted by Gasteiger charge is -2.37. The second kappa shape index (κ2) is 4.30. The lowest BCUT2D eigenvalue weighted by molar-refractivity contribution is -0.139. The summed E-state index contributed by atoms with van der Waals surface area (Å²) in [5.74, 6) is -0.683. The van der Waals surface area contributed by atoms with Crippen molar-refractivity contribution in [2.75, 3.05) is 13.1 Å². The van der Waals surface area contributed by atoms with E-state index in [9.17, 15) is 4.79 Å². The fraction of sp³-hybridized carbons (Fsp3) is 0.909. The van der Waals surface area contributed by atoms with Crippen molar-refractivity contribution < 1.29 is 9.90 Å². The Morgan fingerprint density at radius 2 is 1.86 bits per heavy atom. The Morgan fingerprint density at radius 1 is 1.36 bits per heavy atom. The molecule has 0 radical (unpaired) electrons. The maximum atomic E-state index is 10.8. The van der Waals surface area contributed by atoms with Crippen LogP contribution in [0.25, 0.3) is 0 Å². The highest BCUT2D eigenvalue weighted by atomic mass is 16.4. The second-order valence-corrected chi connectivity index (χ2v) is 5.22. The highest BCUT2D eigenvalue weighted by Crippen LogP contribution is 2.29. The molecule has 1 fully saturated rings. The SMILES string of the molecule is CC(C)(C)C(CC(=O)O)N1CCCC1. The zero-order valence-corrected chi connectivity index (χ0v) is 9.42. The lowest BCUT2D eigenvalue weighted by Crippen LogP contribution is -2.43. The molecule has 1 N–H and O–H groups in total. The van der Waals surface area contributed by atoms with Gasteiger partial charge < -0.3 is 5.11 Å². The predicted octanol–water partition coefficient (Wildman–Crippen LogP) is 1.97. The number of aliphatic carboxylic acids is 1. The highest BCUT2D eigenvalue weighted by Gasteiger charge is 2.33. The van der Waals surface area contributed by atoms with E-state index in [1.165, 1.54) is 12.8 Å². The van der Waals surface area contributed by atoms with Gasteiger partial charge in [-0.05, 0) is 31.3 Å². The summed E-state index contributed by atoms with van der Waals surface area (Å²) in [5.41, 5.74) is 0.0583. The number of carboxylic acid groups (broad SMARTS) is 1. The zero-order valence-electron chi connectivity index (χ0n) is 9.42. The van der Waals surface area contributed by atoms with E-state index in [0.29, 0.717) is 0 Å². The van der Waals surface area contributed by atoms with Crippen molar-refractivity contribution in [3.05, 3.63) is 0 Å². The first kappa shape index (κ1) is 11.5. The van der Waals surface area contributed by atoms with Crippen molar-refractivity contribution in [3.63, 3.8) is 0 Å². The van der Waals surface area contributed by atoms with Crippen LogP contribution in [0, 0.1) is 5.41 Å². The summed E-state index contributed by atoms with van der Waals surface area (Å²) in [7, 11) is 0. The third-order valence-corrected chi connectivity index (χ3v) is 2.95. The van der Waals surface area contributed by atoms with E-state index >= 15 is 0 Å². The van der Waals surface area contributed by atoms with Gasteiger partial charge in [0, 0.05) is 6.04 Å². The standard InChI is InChI=1S/C11H21NO2/c1-11(2,3)9(8-10(13)14)12-6-4-5-7-12/h9H,4-8H2,1-3H3,(H,13,14). The molecule has 1 aliphatic heterocycles. The number of likely N-dealkylation sites (tertiary alicyclic amines) is 1. The topological polar surface area (TPSA) is 40.5 Å². The van der Waals surface area contributed by atoms with E-state index in [0.717, 1.165) is 13.1 Å². The van der Waals surface area contributed by atoms with Gasteiger partial charge in [0.2, 0.25) is 0 Å². The molecule has 1 aliphatic rings. The average molecular weight is 199 g/mol. The van der Waals surface area contributed by atoms with Crippen molar-refractivity contribution in [2.45, 2.75) is 46.1 Å². The normalized spacial score (nSPS) is 21.1. The number of rotatable bonds is 3. The quantitative estimate of drug-likeness (QED) is 0.755. The van der Waals surface area contributed by atoms with Crippen LogP contribution in [0.4, 0.5) is 0 Å². The minimum absolute atomic E-state index is 0.0583. The van der Waals surface area contributed by atoms with Gasteiger partial charge in [0.15, 0.2) is 0 Å². The number of nitrogens with zero attached hydrogens (tertiary/aromatic N) is 1. The molecule has 0 aromatic rings. The zero-order chi connectivity index (χ0) is 10.8. The average Bonchev–Trinajstić information content (AvgIpc) is 2.49. The van der Waals surface area contributed by atoms with Gasteiger partial charge in [0.1, 0.15) is 0 Å². The van der Waals surface area contributed by atoms with Crippen LogP contribution in [-0.2, 0) is 4.79 Å². The highest BCUT2D eigenvalue weighted by molar-refractivity contribution is 5.67. The number of carbonyl (C=O) groups is 1. The Bertz CT molecular complexity index is 202. The maximum Gasteiger partial charge on any atom is 0.304 e. The van der Waals surface area contributed by atoms with Crippen molar-refractivity contribution in [3.8, 4) is 0 Å². The molecule has 14 heavy (non-hydrogen) atoms. The molecule has 1 heterocycles. The molecule has 0 aromatic carbocycles. The summed E-state index contributed by atoms with van der Waals surface area (Å²) in [4.78, 5) is 13.1. The summed E-state index contributed by atoms with van der Waals surface area (Å²) in [6, 6.07) is 0.183. The van der Waals surface area contributed by atoms with Crippen molar-refractivity contribution >= 4 is 5.97 Å². The molecule has 82 valence electrons. The van der Waals surface area contributed by atoms with E-state index in [1.807, 2.05) is 0 Å². The van der Waals surface area contributed by atoms with Gasteiger partial charge in [-0.15, -0.1) is 0 Å². The Hall–Kier alpha value is -0.570. The van der Waals surface area contributed by atoms with Gasteiger partial charge in [-0.25, -0.2) is 0 Å². The van der Waals surface area contributed by atoms with Gasteiger partial charge >= 0.3 is 5.97 Å². The van der Waals surface area contributed by atoms with Gasteiger partial charge in [0.05, 0.1) is 6.42 Å². The van der Waals surface area contributed by atoms with Crippen LogP contribution in [0.1, 0.15) is 40.0 Å². The van der Waals surface area contributed by atoms with Gasteiger partial charge in [0.25, 0.3) is 0 Å². The van der Waals surface area contributed by atoms with E-state index in [-0.39, 0.29) is 17.9 Å². The van der Waals surface area contributed by atoms with Crippen LogP contribution in [0.5, 0.6) is 0 Å². The molecule has 3 heteroatoms. The van der Waals surface area contributed by atoms with Crippen molar-refractivity contribution in [1.29, 1.82) is 0 Å². The molecule has 3 nitrogen and oxygen atoms in total. The Kier molecular flexibility index (Phi) is 3.53.